The molecule has 4 heteroatoms. The van der Waals surface area contributed by atoms with Gasteiger partial charge in [-0.1, -0.05) is 24.3 Å². The lowest BCUT2D eigenvalue weighted by Crippen LogP contribution is -2.33. The number of nitrogens with zero attached hydrogens (tertiary/aromatic N) is 1. The Morgan fingerprint density at radius 2 is 1.90 bits per heavy atom. The third kappa shape index (κ3) is 1.91. The zero-order valence-corrected chi connectivity index (χ0v) is 11.5. The summed E-state index contributed by atoms with van der Waals surface area (Å²) in [5.74, 6) is 0. The van der Waals surface area contributed by atoms with Crippen LogP contribution in [0.1, 0.15) is 24.8 Å². The number of nitrogens with one attached hydrogen (secondary N) is 1. The van der Waals surface area contributed by atoms with Crippen molar-refractivity contribution in [3.8, 4) is 11.3 Å². The van der Waals surface area contributed by atoms with Gasteiger partial charge < -0.3 is 14.5 Å². The Balaban J connectivity index is 1.76. The number of H-pyrrole nitrogens is 1. The predicted molar refractivity (Wildman–Crippen MR) is 81.2 cm³/mol. The highest BCUT2D eigenvalue weighted by molar-refractivity contribution is 5.61. The van der Waals surface area contributed by atoms with Gasteiger partial charge in [-0.3, -0.25) is 4.79 Å². The van der Waals surface area contributed by atoms with Crippen LogP contribution in [0.25, 0.3) is 16.8 Å². The minimum atomic E-state index is -0.643. The third-order valence-corrected chi connectivity index (χ3v) is 4.44. The summed E-state index contributed by atoms with van der Waals surface area (Å²) in [5, 5.41) is 10.3. The molecule has 21 heavy (non-hydrogen) atoms. The van der Waals surface area contributed by atoms with Gasteiger partial charge in [-0.2, -0.15) is 0 Å². The molecule has 0 saturated heterocycles. The molecule has 0 amide bonds. The van der Waals surface area contributed by atoms with E-state index >= 15 is 0 Å². The molecule has 1 aromatic carbocycles. The monoisotopic (exact) mass is 280 g/mol. The number of fused-ring (bicyclic) bond motifs is 1. The lowest BCUT2D eigenvalue weighted by molar-refractivity contribution is -0.0387. The summed E-state index contributed by atoms with van der Waals surface area (Å²) in [7, 11) is 0. The summed E-state index contributed by atoms with van der Waals surface area (Å²) in [4.78, 5) is 14.9. The summed E-state index contributed by atoms with van der Waals surface area (Å²) in [6.45, 7) is 0. The van der Waals surface area contributed by atoms with E-state index in [2.05, 4.69) is 4.98 Å². The van der Waals surface area contributed by atoms with Crippen LogP contribution in [0.3, 0.4) is 0 Å². The second-order valence-electron chi connectivity index (χ2n) is 5.76. The van der Waals surface area contributed by atoms with Crippen LogP contribution in [-0.4, -0.2) is 14.5 Å². The molecular formula is C17H16N2O2. The number of rotatable bonds is 2. The van der Waals surface area contributed by atoms with Crippen LogP contribution in [0.5, 0.6) is 0 Å². The number of benzene rings is 1. The van der Waals surface area contributed by atoms with Crippen molar-refractivity contribution in [2.24, 2.45) is 0 Å². The normalized spacial score (nSPS) is 16.8. The number of aromatic amines is 1. The molecule has 1 aliphatic rings. The molecule has 0 spiro atoms. The van der Waals surface area contributed by atoms with Crippen LogP contribution in [-0.2, 0) is 5.60 Å². The van der Waals surface area contributed by atoms with E-state index < -0.39 is 5.60 Å². The van der Waals surface area contributed by atoms with E-state index in [4.69, 9.17) is 0 Å². The molecule has 0 radical (unpaired) electrons. The largest absolute Gasteiger partial charge is 0.385 e. The standard InChI is InChI=1S/C17H16N2O2/c20-16-15-3-1-10-19(15)11-14(18-16)12-4-6-13(7-5-12)17(21)8-2-9-17/h1,3-7,10-11,21H,2,8-9H2,(H,18,20). The van der Waals surface area contributed by atoms with Gasteiger partial charge in [-0.05, 0) is 42.5 Å². The molecule has 0 aliphatic heterocycles. The lowest BCUT2D eigenvalue weighted by atomic mass is 9.75. The van der Waals surface area contributed by atoms with Gasteiger partial charge in [-0.15, -0.1) is 0 Å². The highest BCUT2D eigenvalue weighted by Gasteiger charge is 2.35. The molecule has 0 unspecified atom stereocenters. The summed E-state index contributed by atoms with van der Waals surface area (Å²) in [5.41, 5.74) is 2.57. The van der Waals surface area contributed by atoms with Crippen molar-refractivity contribution in [1.29, 1.82) is 0 Å². The third-order valence-electron chi connectivity index (χ3n) is 4.44. The molecule has 2 N–H and O–H groups in total. The molecule has 106 valence electrons. The predicted octanol–water partition coefficient (Wildman–Crippen LogP) is 2.67. The van der Waals surface area contributed by atoms with E-state index in [0.29, 0.717) is 5.52 Å². The van der Waals surface area contributed by atoms with E-state index in [1.54, 1.807) is 6.07 Å². The summed E-state index contributed by atoms with van der Waals surface area (Å²) in [6.07, 6.45) is 6.51. The van der Waals surface area contributed by atoms with Crippen molar-refractivity contribution in [3.05, 3.63) is 64.7 Å². The fourth-order valence-corrected chi connectivity index (χ4v) is 2.96. The summed E-state index contributed by atoms with van der Waals surface area (Å²) >= 11 is 0. The Hall–Kier alpha value is -2.33. The highest BCUT2D eigenvalue weighted by atomic mass is 16.3. The SMILES string of the molecule is O=c1[nH]c(-c2ccc(C3(O)CCC3)cc2)cn2cccc12. The van der Waals surface area contributed by atoms with Crippen molar-refractivity contribution in [2.75, 3.05) is 0 Å². The molecule has 1 aliphatic carbocycles. The Morgan fingerprint density at radius 1 is 1.14 bits per heavy atom. The molecule has 1 saturated carbocycles. The van der Waals surface area contributed by atoms with Crippen LogP contribution in [0, 0.1) is 0 Å². The van der Waals surface area contributed by atoms with Gasteiger partial charge in [0.1, 0.15) is 5.52 Å². The van der Waals surface area contributed by atoms with Gasteiger partial charge in [0.2, 0.25) is 0 Å². The maximum atomic E-state index is 12.0. The number of hydrogen-bond acceptors (Lipinski definition) is 2. The van der Waals surface area contributed by atoms with Crippen molar-refractivity contribution in [3.63, 3.8) is 0 Å². The average Bonchev–Trinajstić information content (AvgIpc) is 2.94. The Labute approximate surface area is 121 Å². The first-order valence-corrected chi connectivity index (χ1v) is 7.19. The van der Waals surface area contributed by atoms with Crippen molar-refractivity contribution >= 4 is 5.52 Å². The average molecular weight is 280 g/mol. The van der Waals surface area contributed by atoms with E-state index in [1.807, 2.05) is 47.1 Å². The summed E-state index contributed by atoms with van der Waals surface area (Å²) in [6, 6.07) is 11.4. The first kappa shape index (κ1) is 12.4. The van der Waals surface area contributed by atoms with Crippen molar-refractivity contribution in [1.82, 2.24) is 9.38 Å². The summed E-state index contributed by atoms with van der Waals surface area (Å²) < 4.78 is 1.82. The smallest absolute Gasteiger partial charge is 0.272 e. The van der Waals surface area contributed by atoms with Crippen LogP contribution in [0.2, 0.25) is 0 Å². The fourth-order valence-electron chi connectivity index (χ4n) is 2.96. The Kier molecular flexibility index (Phi) is 2.56. The minimum absolute atomic E-state index is 0.0980. The zero-order valence-electron chi connectivity index (χ0n) is 11.5. The molecule has 2 aromatic heterocycles. The maximum absolute atomic E-state index is 12.0. The Morgan fingerprint density at radius 3 is 2.57 bits per heavy atom. The minimum Gasteiger partial charge on any atom is -0.385 e. The van der Waals surface area contributed by atoms with E-state index in [0.717, 1.165) is 36.1 Å². The highest BCUT2D eigenvalue weighted by Crippen LogP contribution is 2.41. The lowest BCUT2D eigenvalue weighted by Gasteiger charge is -2.37. The zero-order chi connectivity index (χ0) is 14.4. The molecule has 4 nitrogen and oxygen atoms in total. The van der Waals surface area contributed by atoms with E-state index in [-0.39, 0.29) is 5.56 Å². The molecule has 1 fully saturated rings. The number of aromatic nitrogens is 2. The maximum Gasteiger partial charge on any atom is 0.272 e. The molecular weight excluding hydrogens is 264 g/mol. The molecule has 3 aromatic rings. The van der Waals surface area contributed by atoms with Crippen molar-refractivity contribution < 1.29 is 5.11 Å². The van der Waals surface area contributed by atoms with E-state index in [9.17, 15) is 9.90 Å². The first-order chi connectivity index (χ1) is 10.2. The second-order valence-corrected chi connectivity index (χ2v) is 5.76. The second kappa shape index (κ2) is 4.33. The van der Waals surface area contributed by atoms with Crippen LogP contribution >= 0.6 is 0 Å². The van der Waals surface area contributed by atoms with Gasteiger partial charge >= 0.3 is 0 Å². The van der Waals surface area contributed by atoms with Gasteiger partial charge in [0.05, 0.1) is 11.3 Å². The molecule has 0 atom stereocenters. The van der Waals surface area contributed by atoms with E-state index in [1.165, 1.54) is 0 Å². The van der Waals surface area contributed by atoms with Gasteiger partial charge in [0, 0.05) is 12.4 Å². The van der Waals surface area contributed by atoms with Gasteiger partial charge in [-0.25, -0.2) is 0 Å². The number of aliphatic hydroxyl groups is 1. The van der Waals surface area contributed by atoms with Crippen LogP contribution in [0.4, 0.5) is 0 Å². The number of hydrogen-bond donors (Lipinski definition) is 2. The van der Waals surface area contributed by atoms with Gasteiger partial charge in [0.25, 0.3) is 5.56 Å². The van der Waals surface area contributed by atoms with Gasteiger partial charge in [0.15, 0.2) is 0 Å². The van der Waals surface area contributed by atoms with Crippen LogP contribution < -0.4 is 5.56 Å². The molecule has 0 bridgehead atoms. The van der Waals surface area contributed by atoms with Crippen molar-refractivity contribution in [2.45, 2.75) is 24.9 Å². The topological polar surface area (TPSA) is 57.5 Å². The quantitative estimate of drug-likeness (QED) is 0.758. The first-order valence-electron chi connectivity index (χ1n) is 7.19. The molecule has 2 heterocycles. The fraction of sp³-hybridized carbons (Fsp3) is 0.235. The van der Waals surface area contributed by atoms with Crippen LogP contribution in [0.15, 0.2) is 53.6 Å². The molecule has 4 rings (SSSR count). The Bertz CT molecular complexity index is 854.